The number of hydrogen-bond acceptors (Lipinski definition) is 3. The molecular formula is C21H23FN2O3. The zero-order valence-electron chi connectivity index (χ0n) is 15.2. The fourth-order valence-electron chi connectivity index (χ4n) is 3.36. The van der Waals surface area contributed by atoms with Crippen LogP contribution in [0.15, 0.2) is 42.5 Å². The lowest BCUT2D eigenvalue weighted by Gasteiger charge is -2.30. The van der Waals surface area contributed by atoms with Gasteiger partial charge in [-0.05, 0) is 62.7 Å². The maximum Gasteiger partial charge on any atom is 0.306 e. The van der Waals surface area contributed by atoms with Crippen LogP contribution in [0.25, 0.3) is 0 Å². The Morgan fingerprint density at radius 2 is 1.93 bits per heavy atom. The van der Waals surface area contributed by atoms with Gasteiger partial charge in [-0.1, -0.05) is 23.8 Å². The quantitative estimate of drug-likeness (QED) is 0.842. The first-order valence-electron chi connectivity index (χ1n) is 9.04. The molecule has 3 rings (SSSR count). The van der Waals surface area contributed by atoms with E-state index in [1.54, 1.807) is 12.1 Å². The number of amides is 1. The van der Waals surface area contributed by atoms with Gasteiger partial charge in [0.05, 0.1) is 11.5 Å². The van der Waals surface area contributed by atoms with Crippen LogP contribution in [0, 0.1) is 18.7 Å². The van der Waals surface area contributed by atoms with Crippen molar-refractivity contribution in [3.63, 3.8) is 0 Å². The predicted molar refractivity (Wildman–Crippen MR) is 101 cm³/mol. The molecule has 0 unspecified atom stereocenters. The molecule has 6 heteroatoms. The average molecular weight is 370 g/mol. The summed E-state index contributed by atoms with van der Waals surface area (Å²) in [6, 6.07) is 11.9. The van der Waals surface area contributed by atoms with E-state index in [1.807, 2.05) is 25.1 Å². The summed E-state index contributed by atoms with van der Waals surface area (Å²) in [7, 11) is 0. The minimum absolute atomic E-state index is 0.0242. The summed E-state index contributed by atoms with van der Waals surface area (Å²) < 4.78 is 13.9. The van der Waals surface area contributed by atoms with Crippen LogP contribution < -0.4 is 5.32 Å². The topological polar surface area (TPSA) is 69.6 Å². The third kappa shape index (κ3) is 4.92. The van der Waals surface area contributed by atoms with Crippen molar-refractivity contribution in [2.45, 2.75) is 26.3 Å². The van der Waals surface area contributed by atoms with Crippen molar-refractivity contribution in [2.24, 2.45) is 5.92 Å². The van der Waals surface area contributed by atoms with Crippen LogP contribution in [0.4, 0.5) is 10.1 Å². The van der Waals surface area contributed by atoms with E-state index in [4.69, 9.17) is 5.11 Å². The third-order valence-corrected chi connectivity index (χ3v) is 4.89. The summed E-state index contributed by atoms with van der Waals surface area (Å²) in [5.74, 6) is -2.00. The molecule has 0 atom stereocenters. The summed E-state index contributed by atoms with van der Waals surface area (Å²) in [5, 5.41) is 11.8. The average Bonchev–Trinajstić information content (AvgIpc) is 2.64. The Morgan fingerprint density at radius 3 is 2.63 bits per heavy atom. The van der Waals surface area contributed by atoms with Crippen LogP contribution >= 0.6 is 0 Å². The van der Waals surface area contributed by atoms with E-state index in [2.05, 4.69) is 10.2 Å². The van der Waals surface area contributed by atoms with Gasteiger partial charge in [0.15, 0.2) is 0 Å². The second-order valence-electron chi connectivity index (χ2n) is 7.03. The fraction of sp³-hybridized carbons (Fsp3) is 0.333. The SMILES string of the molecule is Cc1ccc(F)c(C(=O)Nc2cccc(CN3CCC(C(=O)O)CC3)c2)c1. The molecule has 0 bridgehead atoms. The van der Waals surface area contributed by atoms with Crippen molar-refractivity contribution in [1.82, 2.24) is 4.90 Å². The number of nitrogens with one attached hydrogen (secondary N) is 1. The summed E-state index contributed by atoms with van der Waals surface area (Å²) in [6.45, 7) is 3.98. The Hall–Kier alpha value is -2.73. The van der Waals surface area contributed by atoms with E-state index >= 15 is 0 Å². The Morgan fingerprint density at radius 1 is 1.19 bits per heavy atom. The van der Waals surface area contributed by atoms with Gasteiger partial charge in [0, 0.05) is 12.2 Å². The van der Waals surface area contributed by atoms with Crippen LogP contribution in [-0.2, 0) is 11.3 Å². The van der Waals surface area contributed by atoms with E-state index in [-0.39, 0.29) is 11.5 Å². The maximum atomic E-state index is 13.9. The van der Waals surface area contributed by atoms with E-state index in [1.165, 1.54) is 12.1 Å². The van der Waals surface area contributed by atoms with Crippen molar-refractivity contribution >= 4 is 17.6 Å². The number of aliphatic carboxylic acids is 1. The van der Waals surface area contributed by atoms with Crippen molar-refractivity contribution in [3.8, 4) is 0 Å². The standard InChI is InChI=1S/C21H23FN2O3/c1-14-5-6-19(22)18(11-14)20(25)23-17-4-2-3-15(12-17)13-24-9-7-16(8-10-24)21(26)27/h2-6,11-12,16H,7-10,13H2,1H3,(H,23,25)(H,26,27). The number of carbonyl (C=O) groups excluding carboxylic acids is 1. The van der Waals surface area contributed by atoms with Gasteiger partial charge in [-0.25, -0.2) is 4.39 Å². The lowest BCUT2D eigenvalue weighted by Crippen LogP contribution is -2.35. The highest BCUT2D eigenvalue weighted by molar-refractivity contribution is 6.04. The molecular weight excluding hydrogens is 347 g/mol. The number of aryl methyl sites for hydroxylation is 1. The molecule has 2 aromatic rings. The number of nitrogens with zero attached hydrogens (tertiary/aromatic N) is 1. The van der Waals surface area contributed by atoms with Gasteiger partial charge in [0.2, 0.25) is 0 Å². The predicted octanol–water partition coefficient (Wildman–Crippen LogP) is 3.68. The Kier molecular flexibility index (Phi) is 5.86. The number of piperidine rings is 1. The number of rotatable bonds is 5. The number of likely N-dealkylation sites (tertiary alicyclic amines) is 1. The van der Waals surface area contributed by atoms with Gasteiger partial charge < -0.3 is 10.4 Å². The highest BCUT2D eigenvalue weighted by Crippen LogP contribution is 2.21. The zero-order valence-corrected chi connectivity index (χ0v) is 15.2. The minimum atomic E-state index is -0.720. The number of anilines is 1. The summed E-state index contributed by atoms with van der Waals surface area (Å²) in [5.41, 5.74) is 2.47. The monoisotopic (exact) mass is 370 g/mol. The molecule has 1 heterocycles. The Bertz CT molecular complexity index is 845. The van der Waals surface area contributed by atoms with E-state index in [0.29, 0.717) is 25.1 Å². The van der Waals surface area contributed by atoms with Crippen molar-refractivity contribution in [3.05, 3.63) is 65.0 Å². The molecule has 0 saturated carbocycles. The second-order valence-corrected chi connectivity index (χ2v) is 7.03. The number of carboxylic acids is 1. The molecule has 0 radical (unpaired) electrons. The van der Waals surface area contributed by atoms with E-state index < -0.39 is 17.7 Å². The van der Waals surface area contributed by atoms with Crippen LogP contribution in [0.1, 0.15) is 34.3 Å². The number of carboxylic acid groups (broad SMARTS) is 1. The van der Waals surface area contributed by atoms with Crippen molar-refractivity contribution in [2.75, 3.05) is 18.4 Å². The molecule has 1 amide bonds. The molecule has 1 aliphatic heterocycles. The highest BCUT2D eigenvalue weighted by Gasteiger charge is 2.24. The number of carbonyl (C=O) groups is 2. The number of hydrogen-bond donors (Lipinski definition) is 2. The van der Waals surface area contributed by atoms with Crippen LogP contribution in [-0.4, -0.2) is 35.0 Å². The second kappa shape index (κ2) is 8.31. The van der Waals surface area contributed by atoms with Crippen molar-refractivity contribution in [1.29, 1.82) is 0 Å². The normalized spacial score (nSPS) is 15.5. The molecule has 1 saturated heterocycles. The summed E-state index contributed by atoms with van der Waals surface area (Å²) >= 11 is 0. The van der Waals surface area contributed by atoms with Gasteiger partial charge >= 0.3 is 5.97 Å². The lowest BCUT2D eigenvalue weighted by atomic mass is 9.97. The molecule has 27 heavy (non-hydrogen) atoms. The fourth-order valence-corrected chi connectivity index (χ4v) is 3.36. The van der Waals surface area contributed by atoms with Crippen LogP contribution in [0.2, 0.25) is 0 Å². The number of halogens is 1. The molecule has 1 fully saturated rings. The molecule has 0 aliphatic carbocycles. The maximum absolute atomic E-state index is 13.9. The Labute approximate surface area is 157 Å². The number of benzene rings is 2. The third-order valence-electron chi connectivity index (χ3n) is 4.89. The largest absolute Gasteiger partial charge is 0.481 e. The molecule has 0 aromatic heterocycles. The van der Waals surface area contributed by atoms with Crippen LogP contribution in [0.5, 0.6) is 0 Å². The van der Waals surface area contributed by atoms with Crippen molar-refractivity contribution < 1.29 is 19.1 Å². The van der Waals surface area contributed by atoms with Gasteiger partial charge in [-0.2, -0.15) is 0 Å². The molecule has 2 N–H and O–H groups in total. The smallest absolute Gasteiger partial charge is 0.306 e. The Balaban J connectivity index is 1.63. The summed E-state index contributed by atoms with van der Waals surface area (Å²) in [4.78, 5) is 25.6. The molecule has 5 nitrogen and oxygen atoms in total. The molecule has 1 aliphatic rings. The van der Waals surface area contributed by atoms with Gasteiger partial charge in [0.25, 0.3) is 5.91 Å². The lowest BCUT2D eigenvalue weighted by molar-refractivity contribution is -0.143. The molecule has 2 aromatic carbocycles. The first-order valence-corrected chi connectivity index (χ1v) is 9.04. The highest BCUT2D eigenvalue weighted by atomic mass is 19.1. The summed E-state index contributed by atoms with van der Waals surface area (Å²) in [6.07, 6.45) is 1.30. The van der Waals surface area contributed by atoms with Gasteiger partial charge in [-0.3, -0.25) is 14.5 Å². The minimum Gasteiger partial charge on any atom is -0.481 e. The van der Waals surface area contributed by atoms with Gasteiger partial charge in [0.1, 0.15) is 5.82 Å². The van der Waals surface area contributed by atoms with Crippen LogP contribution in [0.3, 0.4) is 0 Å². The van der Waals surface area contributed by atoms with E-state index in [9.17, 15) is 14.0 Å². The molecule has 142 valence electrons. The van der Waals surface area contributed by atoms with E-state index in [0.717, 1.165) is 24.2 Å². The van der Waals surface area contributed by atoms with Gasteiger partial charge in [-0.15, -0.1) is 0 Å². The first-order chi connectivity index (χ1) is 12.9. The first kappa shape index (κ1) is 19.0. The molecule has 0 spiro atoms. The zero-order chi connectivity index (χ0) is 19.4.